The van der Waals surface area contributed by atoms with Gasteiger partial charge in [0.15, 0.2) is 0 Å². The van der Waals surface area contributed by atoms with E-state index in [1.807, 2.05) is 27.7 Å². The first-order valence-corrected chi connectivity index (χ1v) is 30.0. The fourth-order valence-electron chi connectivity index (χ4n) is 10.1. The average Bonchev–Trinajstić information content (AvgIpc) is 3.64. The monoisotopic (exact) mass is 1260 g/mol. The van der Waals surface area contributed by atoms with Crippen LogP contribution in [0.15, 0.2) is 48.5 Å². The van der Waals surface area contributed by atoms with E-state index in [0.717, 1.165) is 36.6 Å². The molecule has 7 atom stereocenters. The summed E-state index contributed by atoms with van der Waals surface area (Å²) < 4.78 is 40.7. The molecule has 1 aliphatic rings. The van der Waals surface area contributed by atoms with E-state index in [2.05, 4.69) is 21.3 Å². The van der Waals surface area contributed by atoms with Crippen molar-refractivity contribution in [2.45, 2.75) is 168 Å². The van der Waals surface area contributed by atoms with Crippen LogP contribution in [0.3, 0.4) is 0 Å². The molecule has 3 rings (SSSR count). The maximum absolute atomic E-state index is 14.9. The number of aryl methyl sites for hydroxylation is 1. The van der Waals surface area contributed by atoms with E-state index in [1.54, 1.807) is 45.0 Å². The number of hydrogen-bond acceptors (Lipinski definition) is 11. The lowest BCUT2D eigenvalue weighted by molar-refractivity contribution is -0.148. The minimum Gasteiger partial charge on any atom is -0.351 e. The third-order valence-electron chi connectivity index (χ3n) is 15.5. The van der Waals surface area contributed by atoms with Gasteiger partial charge in [-0.05, 0) is 113 Å². The number of benzene rings is 2. The van der Waals surface area contributed by atoms with Crippen molar-refractivity contribution in [2.24, 2.45) is 17.8 Å². The number of hydrogen-bond donors (Lipinski definition) is 4. The summed E-state index contributed by atoms with van der Waals surface area (Å²) in [7, 11) is 9.46. The Morgan fingerprint density at radius 3 is 1.58 bits per heavy atom. The van der Waals surface area contributed by atoms with Crippen LogP contribution in [0.25, 0.3) is 0 Å². The Kier molecular flexibility index (Phi) is 27.9. The highest BCUT2D eigenvalue weighted by Gasteiger charge is 2.42. The predicted molar refractivity (Wildman–Crippen MR) is 326 cm³/mol. The van der Waals surface area contributed by atoms with E-state index in [0.29, 0.717) is 16.1 Å². The lowest BCUT2D eigenvalue weighted by Gasteiger charge is -2.38. The zero-order chi connectivity index (χ0) is 67.0. The maximum Gasteiger partial charge on any atom is 0.416 e. The van der Waals surface area contributed by atoms with Gasteiger partial charge >= 0.3 is 6.18 Å². The summed E-state index contributed by atoms with van der Waals surface area (Å²) in [5, 5.41) is 11.4. The Morgan fingerprint density at radius 1 is 0.534 bits per heavy atom. The van der Waals surface area contributed by atoms with Gasteiger partial charge in [-0.25, -0.2) is 0 Å². The van der Waals surface area contributed by atoms with E-state index >= 15 is 0 Å². The Hall–Kier alpha value is -7.31. The quantitative estimate of drug-likeness (QED) is 0.249. The van der Waals surface area contributed by atoms with Crippen molar-refractivity contribution in [1.82, 2.24) is 55.6 Å². The van der Waals surface area contributed by atoms with Crippen LogP contribution >= 0.6 is 11.6 Å². The first-order chi connectivity index (χ1) is 40.7. The number of nitrogens with zero attached hydrogens (tertiary/aromatic N) is 7. The third-order valence-corrected chi connectivity index (χ3v) is 15.8. The van der Waals surface area contributed by atoms with Gasteiger partial charge in [0.25, 0.3) is 0 Å². The highest BCUT2D eigenvalue weighted by Crippen LogP contribution is 2.30. The summed E-state index contributed by atoms with van der Waals surface area (Å²) in [6, 6.07) is 2.42. The van der Waals surface area contributed by atoms with Gasteiger partial charge in [-0.1, -0.05) is 77.4 Å². The number of halogens is 4. The standard InChI is InChI=1S/C62H93ClF3N11O11/c1-36(2)28-46-57(85)73(13)34-52(80)71(11)35-53(81)75(15)49(32-42-20-25-44(63)26-21-42)59(87)72(12)33-50(78)68-45(27-22-41-18-23-43(24-19-41)62(64,65)66)58(86)76(16)48(30-38(5)6)56(84)70-61(9,10)60(88)77(17)47(29-37(3)4)55(83)67-39(7)31-51(79)74(14)40(8)54(82)69-46/h18-21,23-26,36-40,45-49H,22,27-35H2,1-17H3,(H,67,83)(H,68,78)(H,69,82)(H,70,84)/t39-,40+,45+,46+,47+,48+,49+/m1/s1. The molecule has 2 aromatic carbocycles. The summed E-state index contributed by atoms with van der Waals surface area (Å²) in [5.74, 6) is -8.24. The molecular formula is C62H93ClF3N11O11. The normalized spacial score (nSPS) is 23.7. The van der Waals surface area contributed by atoms with E-state index in [-0.39, 0.29) is 62.7 Å². The molecule has 11 amide bonds. The van der Waals surface area contributed by atoms with Crippen LogP contribution in [-0.2, 0) is 71.8 Å². The molecule has 0 aromatic heterocycles. The number of carbonyl (C=O) groups is 11. The molecule has 0 unspecified atom stereocenters. The molecule has 88 heavy (non-hydrogen) atoms. The fourth-order valence-corrected chi connectivity index (χ4v) is 10.2. The minimum absolute atomic E-state index is 0.0409. The summed E-state index contributed by atoms with van der Waals surface area (Å²) in [6.07, 6.45) is -4.91. The minimum atomic E-state index is -4.63. The molecule has 0 spiro atoms. The lowest BCUT2D eigenvalue weighted by atomic mass is 9.95. The molecule has 0 saturated carbocycles. The summed E-state index contributed by atoms with van der Waals surface area (Å²) >= 11 is 6.19. The third kappa shape index (κ3) is 22.1. The molecular weight excluding hydrogens is 1170 g/mol. The van der Waals surface area contributed by atoms with Crippen LogP contribution in [0.5, 0.6) is 0 Å². The van der Waals surface area contributed by atoms with Crippen LogP contribution in [-0.4, -0.2) is 216 Å². The van der Waals surface area contributed by atoms with Gasteiger partial charge in [0, 0.05) is 73.2 Å². The molecule has 1 aliphatic heterocycles. The van der Waals surface area contributed by atoms with Crippen LogP contribution in [0.1, 0.15) is 118 Å². The van der Waals surface area contributed by atoms with Crippen molar-refractivity contribution in [1.29, 1.82) is 0 Å². The predicted octanol–water partition coefficient (Wildman–Crippen LogP) is 4.15. The molecule has 22 nitrogen and oxygen atoms in total. The van der Waals surface area contributed by atoms with Crippen LogP contribution in [0, 0.1) is 17.8 Å². The molecule has 0 bridgehead atoms. The SMILES string of the molecule is CC(C)C[C@@H]1NC(=O)[C@H](C)N(C)C(=O)C[C@@H](C)NC(=O)[C@H](CC(C)C)N(C)C(=O)C(C)(C)NC(=O)[C@H](CC(C)C)N(C)C(=O)[C@H](CCc2ccc(C(F)(F)F)cc2)NC(=O)CN(C)C(=O)[C@H](Cc2ccc(Cl)cc2)N(C)C(=O)CN(C)C(=O)CN(C)C1=O. The van der Waals surface area contributed by atoms with Gasteiger partial charge in [-0.3, -0.25) is 52.7 Å². The average molecular weight is 1260 g/mol. The second-order valence-corrected chi connectivity index (χ2v) is 25.5. The Balaban J connectivity index is 2.19. The van der Waals surface area contributed by atoms with Crippen molar-refractivity contribution < 1.29 is 65.9 Å². The molecule has 490 valence electrons. The van der Waals surface area contributed by atoms with E-state index in [1.165, 1.54) is 92.0 Å². The van der Waals surface area contributed by atoms with Gasteiger partial charge in [0.05, 0.1) is 25.2 Å². The first kappa shape index (κ1) is 74.9. The highest BCUT2D eigenvalue weighted by molar-refractivity contribution is 6.30. The van der Waals surface area contributed by atoms with Crippen molar-refractivity contribution in [3.63, 3.8) is 0 Å². The topological polar surface area (TPSA) is 259 Å². The molecule has 1 fully saturated rings. The van der Waals surface area contributed by atoms with E-state index in [4.69, 9.17) is 11.6 Å². The lowest BCUT2D eigenvalue weighted by Crippen LogP contribution is -2.63. The van der Waals surface area contributed by atoms with Crippen molar-refractivity contribution in [3.8, 4) is 0 Å². The maximum atomic E-state index is 14.9. The molecule has 2 aromatic rings. The molecule has 26 heteroatoms. The Labute approximate surface area is 521 Å². The van der Waals surface area contributed by atoms with Gasteiger partial charge in [-0.2, -0.15) is 13.2 Å². The summed E-state index contributed by atoms with van der Waals surface area (Å²) in [5.41, 5.74) is -1.69. The van der Waals surface area contributed by atoms with Gasteiger partial charge in [-0.15, -0.1) is 0 Å². The second kappa shape index (κ2) is 32.8. The van der Waals surface area contributed by atoms with E-state index in [9.17, 15) is 65.9 Å². The molecule has 0 aliphatic carbocycles. The highest BCUT2D eigenvalue weighted by atomic mass is 35.5. The summed E-state index contributed by atoms with van der Waals surface area (Å²) in [4.78, 5) is 165. The largest absolute Gasteiger partial charge is 0.416 e. The smallest absolute Gasteiger partial charge is 0.351 e. The van der Waals surface area contributed by atoms with E-state index < -0.39 is 144 Å². The number of rotatable bonds is 11. The zero-order valence-electron chi connectivity index (χ0n) is 54.1. The summed E-state index contributed by atoms with van der Waals surface area (Å²) in [6.45, 7) is 15.1. The van der Waals surface area contributed by atoms with Crippen LogP contribution in [0.4, 0.5) is 13.2 Å². The Morgan fingerprint density at radius 2 is 1.05 bits per heavy atom. The van der Waals surface area contributed by atoms with Crippen molar-refractivity contribution in [2.75, 3.05) is 69.0 Å². The number of amides is 11. The van der Waals surface area contributed by atoms with Gasteiger partial charge in [0.2, 0.25) is 65.0 Å². The molecule has 1 heterocycles. The molecule has 1 saturated heterocycles. The molecule has 0 radical (unpaired) electrons. The number of alkyl halides is 3. The Bertz CT molecular complexity index is 2800. The number of likely N-dealkylation sites (N-methyl/N-ethyl adjacent to an activating group) is 7. The van der Waals surface area contributed by atoms with Crippen molar-refractivity contribution in [3.05, 3.63) is 70.2 Å². The first-order valence-electron chi connectivity index (χ1n) is 29.6. The van der Waals surface area contributed by atoms with Gasteiger partial charge < -0.3 is 55.6 Å². The number of carbonyl (C=O) groups excluding carboxylic acids is 11. The molecule has 4 N–H and O–H groups in total. The number of nitrogens with one attached hydrogen (secondary N) is 4. The van der Waals surface area contributed by atoms with Crippen molar-refractivity contribution >= 4 is 76.6 Å². The fraction of sp³-hybridized carbons (Fsp3) is 0.629. The van der Waals surface area contributed by atoms with Crippen LogP contribution < -0.4 is 21.3 Å². The zero-order valence-corrected chi connectivity index (χ0v) is 54.9. The second-order valence-electron chi connectivity index (χ2n) is 25.1. The van der Waals surface area contributed by atoms with Crippen LogP contribution in [0.2, 0.25) is 5.02 Å². The van der Waals surface area contributed by atoms with Gasteiger partial charge in [0.1, 0.15) is 41.8 Å².